The van der Waals surface area contributed by atoms with Crippen LogP contribution >= 0.6 is 11.6 Å². The van der Waals surface area contributed by atoms with Gasteiger partial charge in [-0.15, -0.1) is 0 Å². The third-order valence-corrected chi connectivity index (χ3v) is 3.28. The summed E-state index contributed by atoms with van der Waals surface area (Å²) in [7, 11) is 0. The van der Waals surface area contributed by atoms with Crippen LogP contribution in [0, 0.1) is 17.7 Å². The minimum Gasteiger partial charge on any atom is -0.330 e. The molecule has 106 valence electrons. The van der Waals surface area contributed by atoms with E-state index in [0.717, 1.165) is 6.42 Å². The summed E-state index contributed by atoms with van der Waals surface area (Å²) in [5.74, 6) is 0.308. The van der Waals surface area contributed by atoms with Gasteiger partial charge in [0.25, 0.3) is 0 Å². The zero-order chi connectivity index (χ0) is 14.4. The van der Waals surface area contributed by atoms with E-state index in [1.807, 2.05) is 0 Å². The zero-order valence-electron chi connectivity index (χ0n) is 11.5. The van der Waals surface area contributed by atoms with E-state index in [-0.39, 0.29) is 23.9 Å². The Labute approximate surface area is 119 Å². The maximum absolute atomic E-state index is 13.5. The molecule has 0 saturated carbocycles. The number of nitrogens with two attached hydrogens (primary N) is 1. The molecule has 1 atom stereocenters. The lowest BCUT2D eigenvalue weighted by Gasteiger charge is -2.16. The largest absolute Gasteiger partial charge is 0.330 e. The van der Waals surface area contributed by atoms with Crippen molar-refractivity contribution in [3.63, 3.8) is 0 Å². The number of hydrogen-bond donors (Lipinski definition) is 1. The Kier molecular flexibility index (Phi) is 6.46. The van der Waals surface area contributed by atoms with Gasteiger partial charge >= 0.3 is 0 Å². The quantitative estimate of drug-likeness (QED) is 0.832. The summed E-state index contributed by atoms with van der Waals surface area (Å²) < 4.78 is 13.5. The molecule has 0 amide bonds. The number of rotatable bonds is 7. The van der Waals surface area contributed by atoms with Gasteiger partial charge in [0.15, 0.2) is 0 Å². The summed E-state index contributed by atoms with van der Waals surface area (Å²) >= 11 is 5.80. The summed E-state index contributed by atoms with van der Waals surface area (Å²) in [5, 5.41) is 0.446. The molecule has 19 heavy (non-hydrogen) atoms. The van der Waals surface area contributed by atoms with Crippen LogP contribution in [0.4, 0.5) is 4.39 Å². The predicted octanol–water partition coefficient (Wildman–Crippen LogP) is 3.60. The zero-order valence-corrected chi connectivity index (χ0v) is 12.2. The molecule has 0 heterocycles. The summed E-state index contributed by atoms with van der Waals surface area (Å²) in [5.41, 5.74) is 6.03. The number of hydrogen-bond acceptors (Lipinski definition) is 2. The van der Waals surface area contributed by atoms with Crippen molar-refractivity contribution in [2.75, 3.05) is 6.54 Å². The van der Waals surface area contributed by atoms with E-state index in [9.17, 15) is 9.18 Å². The lowest BCUT2D eigenvalue weighted by molar-refractivity contribution is -0.119. The van der Waals surface area contributed by atoms with Crippen LogP contribution in [0.3, 0.4) is 0 Å². The normalized spacial score (nSPS) is 12.7. The monoisotopic (exact) mass is 285 g/mol. The standard InChI is InChI=1S/C15H21ClFNO/c1-10(2)5-11(9-18)6-14(19)8-12-7-13(16)3-4-15(12)17/h3-4,7,10-11H,5-6,8-9,18H2,1-2H3. The van der Waals surface area contributed by atoms with Crippen LogP contribution in [-0.2, 0) is 11.2 Å². The maximum atomic E-state index is 13.5. The first-order valence-corrected chi connectivity index (χ1v) is 6.95. The van der Waals surface area contributed by atoms with Crippen LogP contribution in [0.5, 0.6) is 0 Å². The van der Waals surface area contributed by atoms with Crippen LogP contribution in [0.25, 0.3) is 0 Å². The van der Waals surface area contributed by atoms with Crippen molar-refractivity contribution in [3.8, 4) is 0 Å². The number of benzene rings is 1. The van der Waals surface area contributed by atoms with Gasteiger partial charge < -0.3 is 5.73 Å². The van der Waals surface area contributed by atoms with Gasteiger partial charge in [-0.2, -0.15) is 0 Å². The fourth-order valence-corrected chi connectivity index (χ4v) is 2.41. The van der Waals surface area contributed by atoms with E-state index in [2.05, 4.69) is 13.8 Å². The lowest BCUT2D eigenvalue weighted by atomic mass is 9.91. The minimum absolute atomic E-state index is 0.0114. The van der Waals surface area contributed by atoms with E-state index in [0.29, 0.717) is 29.5 Å². The average Bonchev–Trinajstić information content (AvgIpc) is 2.32. The average molecular weight is 286 g/mol. The van der Waals surface area contributed by atoms with Crippen LogP contribution in [0.1, 0.15) is 32.3 Å². The highest BCUT2D eigenvalue weighted by molar-refractivity contribution is 6.30. The Balaban J connectivity index is 2.61. The molecule has 0 aliphatic heterocycles. The number of ketones is 1. The third-order valence-electron chi connectivity index (χ3n) is 3.05. The molecule has 0 spiro atoms. The van der Waals surface area contributed by atoms with Crippen molar-refractivity contribution < 1.29 is 9.18 Å². The Morgan fingerprint density at radius 3 is 2.68 bits per heavy atom. The highest BCUT2D eigenvalue weighted by Crippen LogP contribution is 2.19. The smallest absolute Gasteiger partial charge is 0.137 e. The number of carbonyl (C=O) groups is 1. The molecule has 0 bridgehead atoms. The molecule has 0 aliphatic rings. The molecule has 0 aromatic heterocycles. The molecule has 0 radical (unpaired) electrons. The van der Waals surface area contributed by atoms with E-state index in [1.54, 1.807) is 0 Å². The Hall–Kier alpha value is -0.930. The van der Waals surface area contributed by atoms with E-state index < -0.39 is 0 Å². The Morgan fingerprint density at radius 2 is 2.11 bits per heavy atom. The lowest BCUT2D eigenvalue weighted by Crippen LogP contribution is -2.21. The van der Waals surface area contributed by atoms with Crippen molar-refractivity contribution in [3.05, 3.63) is 34.6 Å². The van der Waals surface area contributed by atoms with Gasteiger partial charge in [0.05, 0.1) is 0 Å². The molecule has 2 N–H and O–H groups in total. The van der Waals surface area contributed by atoms with Crippen LogP contribution in [-0.4, -0.2) is 12.3 Å². The number of halogens is 2. The topological polar surface area (TPSA) is 43.1 Å². The predicted molar refractivity (Wildman–Crippen MR) is 76.7 cm³/mol. The SMILES string of the molecule is CC(C)CC(CN)CC(=O)Cc1cc(Cl)ccc1F. The third kappa shape index (κ3) is 5.70. The van der Waals surface area contributed by atoms with Gasteiger partial charge in [-0.3, -0.25) is 4.79 Å². The van der Waals surface area contributed by atoms with Gasteiger partial charge in [-0.05, 0) is 48.6 Å². The molecule has 4 heteroatoms. The molecule has 1 unspecified atom stereocenters. The van der Waals surface area contributed by atoms with Crippen LogP contribution < -0.4 is 5.73 Å². The first-order valence-electron chi connectivity index (χ1n) is 6.58. The second kappa shape index (κ2) is 7.61. The minimum atomic E-state index is -0.383. The fourth-order valence-electron chi connectivity index (χ4n) is 2.21. The summed E-state index contributed by atoms with van der Waals surface area (Å²) in [6, 6.07) is 4.28. The highest BCUT2D eigenvalue weighted by atomic mass is 35.5. The molecular weight excluding hydrogens is 265 g/mol. The molecule has 1 rings (SSSR count). The second-order valence-electron chi connectivity index (χ2n) is 5.39. The van der Waals surface area contributed by atoms with Gasteiger partial charge in [0.1, 0.15) is 11.6 Å². The van der Waals surface area contributed by atoms with Gasteiger partial charge in [0.2, 0.25) is 0 Å². The molecule has 0 aliphatic carbocycles. The molecular formula is C15H21ClFNO. The molecule has 1 aromatic carbocycles. The number of carbonyl (C=O) groups excluding carboxylic acids is 1. The van der Waals surface area contributed by atoms with Crippen LogP contribution in [0.2, 0.25) is 5.02 Å². The Morgan fingerprint density at radius 1 is 1.42 bits per heavy atom. The van der Waals surface area contributed by atoms with Crippen molar-refractivity contribution in [2.24, 2.45) is 17.6 Å². The summed E-state index contributed by atoms with van der Waals surface area (Å²) in [6.45, 7) is 4.69. The van der Waals surface area contributed by atoms with Gasteiger partial charge in [-0.1, -0.05) is 25.4 Å². The maximum Gasteiger partial charge on any atom is 0.137 e. The molecule has 0 fully saturated rings. The van der Waals surface area contributed by atoms with Gasteiger partial charge in [0, 0.05) is 17.9 Å². The highest BCUT2D eigenvalue weighted by Gasteiger charge is 2.16. The molecule has 2 nitrogen and oxygen atoms in total. The summed E-state index contributed by atoms with van der Waals surface area (Å²) in [4.78, 5) is 12.0. The summed E-state index contributed by atoms with van der Waals surface area (Å²) in [6.07, 6.45) is 1.40. The van der Waals surface area contributed by atoms with E-state index >= 15 is 0 Å². The van der Waals surface area contributed by atoms with E-state index in [4.69, 9.17) is 17.3 Å². The van der Waals surface area contributed by atoms with Gasteiger partial charge in [-0.25, -0.2) is 4.39 Å². The van der Waals surface area contributed by atoms with E-state index in [1.165, 1.54) is 18.2 Å². The van der Waals surface area contributed by atoms with Crippen molar-refractivity contribution in [2.45, 2.75) is 33.1 Å². The fraction of sp³-hybridized carbons (Fsp3) is 0.533. The second-order valence-corrected chi connectivity index (χ2v) is 5.82. The molecule has 0 saturated heterocycles. The van der Waals surface area contributed by atoms with Crippen molar-refractivity contribution >= 4 is 17.4 Å². The Bertz CT molecular complexity index is 434. The first-order chi connectivity index (χ1) is 8.92. The van der Waals surface area contributed by atoms with Crippen molar-refractivity contribution in [1.82, 2.24) is 0 Å². The molecule has 1 aromatic rings. The van der Waals surface area contributed by atoms with Crippen molar-refractivity contribution in [1.29, 1.82) is 0 Å². The van der Waals surface area contributed by atoms with Crippen LogP contribution in [0.15, 0.2) is 18.2 Å². The number of Topliss-reactive ketones (excluding diaryl/α,β-unsaturated/α-hetero) is 1. The first kappa shape index (κ1) is 16.1.